The summed E-state index contributed by atoms with van der Waals surface area (Å²) >= 11 is 4.87. The lowest BCUT2D eigenvalue weighted by Crippen LogP contribution is -2.55. The monoisotopic (exact) mass is 215 g/mol. The van der Waals surface area contributed by atoms with Gasteiger partial charge in [0.1, 0.15) is 0 Å². The normalized spacial score (nSPS) is 16.9. The van der Waals surface area contributed by atoms with E-state index in [0.717, 1.165) is 25.9 Å². The van der Waals surface area contributed by atoms with Crippen molar-refractivity contribution in [1.29, 1.82) is 0 Å². The first kappa shape index (κ1) is 11.2. The Kier molecular flexibility index (Phi) is 3.31. The van der Waals surface area contributed by atoms with Gasteiger partial charge >= 0.3 is 6.03 Å². The lowest BCUT2D eigenvalue weighted by molar-refractivity contribution is 0.203. The molecule has 1 saturated heterocycles. The van der Waals surface area contributed by atoms with Crippen LogP contribution in [0.3, 0.4) is 0 Å². The summed E-state index contributed by atoms with van der Waals surface area (Å²) in [5, 5.41) is 2.82. The predicted octanol–water partition coefficient (Wildman–Crippen LogP) is 0.857. The first-order chi connectivity index (χ1) is 6.43. The van der Waals surface area contributed by atoms with Gasteiger partial charge in [0.25, 0.3) is 0 Å². The van der Waals surface area contributed by atoms with Gasteiger partial charge in [-0.2, -0.15) is 0 Å². The largest absolute Gasteiger partial charge is 0.391 e. The molecule has 0 aromatic rings. The van der Waals surface area contributed by atoms with Crippen molar-refractivity contribution in [3.05, 3.63) is 0 Å². The first-order valence-electron chi connectivity index (χ1n) is 4.80. The molecular formula is C9H17N3OS. The van der Waals surface area contributed by atoms with Crippen molar-refractivity contribution in [2.75, 3.05) is 13.1 Å². The lowest BCUT2D eigenvalue weighted by Gasteiger charge is -2.27. The number of rotatable bonds is 2. The zero-order valence-corrected chi connectivity index (χ0v) is 9.49. The highest BCUT2D eigenvalue weighted by Crippen LogP contribution is 2.10. The highest BCUT2D eigenvalue weighted by Gasteiger charge is 2.27. The molecule has 0 aliphatic carbocycles. The number of likely N-dealkylation sites (tertiary alicyclic amines) is 1. The van der Waals surface area contributed by atoms with Crippen LogP contribution in [-0.2, 0) is 0 Å². The number of thiocarbonyl (C=S) groups is 1. The van der Waals surface area contributed by atoms with Crippen molar-refractivity contribution < 1.29 is 4.79 Å². The number of carbonyl (C=O) groups excluding carboxylic acids is 1. The number of nitrogens with zero attached hydrogens (tertiary/aromatic N) is 1. The van der Waals surface area contributed by atoms with Crippen LogP contribution in [0.4, 0.5) is 4.79 Å². The molecule has 1 heterocycles. The van der Waals surface area contributed by atoms with Crippen LogP contribution in [0, 0.1) is 0 Å². The summed E-state index contributed by atoms with van der Waals surface area (Å²) in [6.45, 7) is 5.28. The van der Waals surface area contributed by atoms with Crippen LogP contribution in [0.2, 0.25) is 0 Å². The van der Waals surface area contributed by atoms with E-state index in [1.165, 1.54) is 0 Å². The zero-order valence-electron chi connectivity index (χ0n) is 8.67. The van der Waals surface area contributed by atoms with Gasteiger partial charge in [0.2, 0.25) is 0 Å². The Morgan fingerprint density at radius 2 is 1.93 bits per heavy atom. The second kappa shape index (κ2) is 4.13. The number of nitrogens with two attached hydrogens (primary N) is 1. The van der Waals surface area contributed by atoms with E-state index in [9.17, 15) is 4.79 Å². The minimum Gasteiger partial charge on any atom is -0.391 e. The Morgan fingerprint density at radius 3 is 2.36 bits per heavy atom. The Labute approximate surface area is 89.8 Å². The summed E-state index contributed by atoms with van der Waals surface area (Å²) in [6.07, 6.45) is 2.17. The van der Waals surface area contributed by atoms with Crippen molar-refractivity contribution in [1.82, 2.24) is 10.2 Å². The number of nitrogens with one attached hydrogen (secondary N) is 1. The minimum atomic E-state index is -0.602. The topological polar surface area (TPSA) is 58.4 Å². The highest BCUT2D eigenvalue weighted by atomic mass is 32.1. The number of urea groups is 1. The SMILES string of the molecule is CC(C)(NC(=O)N1CCCC1)C(N)=S. The van der Waals surface area contributed by atoms with Crippen LogP contribution in [0.1, 0.15) is 26.7 Å². The van der Waals surface area contributed by atoms with Crippen LogP contribution in [-0.4, -0.2) is 34.5 Å². The van der Waals surface area contributed by atoms with E-state index in [0.29, 0.717) is 4.99 Å². The lowest BCUT2D eigenvalue weighted by atomic mass is 10.1. The summed E-state index contributed by atoms with van der Waals surface area (Å²) in [6, 6.07) is -0.0692. The van der Waals surface area contributed by atoms with E-state index >= 15 is 0 Å². The molecule has 5 heteroatoms. The summed E-state index contributed by atoms with van der Waals surface area (Å²) in [4.78, 5) is 13.8. The molecule has 0 aromatic carbocycles. The Morgan fingerprint density at radius 1 is 1.43 bits per heavy atom. The van der Waals surface area contributed by atoms with Gasteiger partial charge in [0.15, 0.2) is 0 Å². The molecule has 0 aromatic heterocycles. The van der Waals surface area contributed by atoms with Crippen LogP contribution in [0.15, 0.2) is 0 Å². The molecule has 1 rings (SSSR count). The second-order valence-electron chi connectivity index (χ2n) is 4.11. The van der Waals surface area contributed by atoms with Crippen LogP contribution >= 0.6 is 12.2 Å². The smallest absolute Gasteiger partial charge is 0.318 e. The first-order valence-corrected chi connectivity index (χ1v) is 5.21. The number of amides is 2. The molecule has 0 saturated carbocycles. The van der Waals surface area contributed by atoms with E-state index < -0.39 is 5.54 Å². The molecule has 3 N–H and O–H groups in total. The number of carbonyl (C=O) groups is 1. The molecule has 4 nitrogen and oxygen atoms in total. The average molecular weight is 215 g/mol. The summed E-state index contributed by atoms with van der Waals surface area (Å²) in [5.41, 5.74) is 4.91. The van der Waals surface area contributed by atoms with Gasteiger partial charge in [-0.3, -0.25) is 0 Å². The third-order valence-corrected chi connectivity index (χ3v) is 2.94. The van der Waals surface area contributed by atoms with E-state index in [1.807, 2.05) is 13.8 Å². The molecule has 14 heavy (non-hydrogen) atoms. The molecule has 0 spiro atoms. The maximum Gasteiger partial charge on any atom is 0.318 e. The maximum absolute atomic E-state index is 11.7. The third kappa shape index (κ3) is 2.57. The van der Waals surface area contributed by atoms with Crippen molar-refractivity contribution in [2.45, 2.75) is 32.2 Å². The van der Waals surface area contributed by atoms with Gasteiger partial charge < -0.3 is 16.0 Å². The fourth-order valence-corrected chi connectivity index (χ4v) is 1.38. The second-order valence-corrected chi connectivity index (χ2v) is 4.55. The maximum atomic E-state index is 11.7. The molecule has 0 bridgehead atoms. The third-order valence-electron chi connectivity index (χ3n) is 2.43. The fourth-order valence-electron chi connectivity index (χ4n) is 1.33. The molecule has 0 unspecified atom stereocenters. The van der Waals surface area contributed by atoms with Crippen molar-refractivity contribution in [2.24, 2.45) is 5.73 Å². The molecule has 2 amide bonds. The summed E-state index contributed by atoms with van der Waals surface area (Å²) in [7, 11) is 0. The van der Waals surface area contributed by atoms with Gasteiger partial charge in [-0.1, -0.05) is 12.2 Å². The quantitative estimate of drug-likeness (QED) is 0.672. The van der Waals surface area contributed by atoms with Crippen molar-refractivity contribution in [3.8, 4) is 0 Å². The molecule has 0 radical (unpaired) electrons. The van der Waals surface area contributed by atoms with E-state index in [4.69, 9.17) is 18.0 Å². The molecule has 1 aliphatic heterocycles. The van der Waals surface area contributed by atoms with Gasteiger partial charge in [-0.05, 0) is 26.7 Å². The van der Waals surface area contributed by atoms with Gasteiger partial charge in [0, 0.05) is 13.1 Å². The minimum absolute atomic E-state index is 0.0692. The average Bonchev–Trinajstić information content (AvgIpc) is 2.54. The number of hydrogen-bond donors (Lipinski definition) is 2. The van der Waals surface area contributed by atoms with E-state index in [2.05, 4.69) is 5.32 Å². The zero-order chi connectivity index (χ0) is 10.8. The van der Waals surface area contributed by atoms with E-state index in [-0.39, 0.29) is 6.03 Å². The van der Waals surface area contributed by atoms with Gasteiger partial charge in [-0.25, -0.2) is 4.79 Å². The Hall–Kier alpha value is -0.840. The van der Waals surface area contributed by atoms with E-state index in [1.54, 1.807) is 4.90 Å². The molecule has 0 atom stereocenters. The van der Waals surface area contributed by atoms with Crippen molar-refractivity contribution >= 4 is 23.2 Å². The molecule has 1 aliphatic rings. The highest BCUT2D eigenvalue weighted by molar-refractivity contribution is 7.80. The van der Waals surface area contributed by atoms with Crippen LogP contribution in [0.25, 0.3) is 0 Å². The fraction of sp³-hybridized carbons (Fsp3) is 0.778. The van der Waals surface area contributed by atoms with Crippen LogP contribution in [0.5, 0.6) is 0 Å². The predicted molar refractivity (Wildman–Crippen MR) is 60.2 cm³/mol. The van der Waals surface area contributed by atoms with Gasteiger partial charge in [-0.15, -0.1) is 0 Å². The summed E-state index contributed by atoms with van der Waals surface area (Å²) < 4.78 is 0. The van der Waals surface area contributed by atoms with Crippen LogP contribution < -0.4 is 11.1 Å². The molecule has 1 fully saturated rings. The standard InChI is InChI=1S/C9H17N3OS/c1-9(2,7(10)14)11-8(13)12-5-3-4-6-12/h3-6H2,1-2H3,(H2,10,14)(H,11,13). The number of hydrogen-bond acceptors (Lipinski definition) is 2. The molecular weight excluding hydrogens is 198 g/mol. The summed E-state index contributed by atoms with van der Waals surface area (Å²) in [5.74, 6) is 0. The van der Waals surface area contributed by atoms with Gasteiger partial charge in [0.05, 0.1) is 10.5 Å². The Balaban J connectivity index is 2.51. The molecule has 80 valence electrons. The van der Waals surface area contributed by atoms with Crippen molar-refractivity contribution in [3.63, 3.8) is 0 Å². The Bertz CT molecular complexity index is 246.